The fourth-order valence-electron chi connectivity index (χ4n) is 2.43. The summed E-state index contributed by atoms with van der Waals surface area (Å²) in [6.45, 7) is 3.33. The number of rotatable bonds is 3. The number of likely N-dealkylation sites (tertiary alicyclic amines) is 1. The van der Waals surface area contributed by atoms with Crippen LogP contribution in [0.2, 0.25) is 0 Å². The molecule has 0 spiro atoms. The summed E-state index contributed by atoms with van der Waals surface area (Å²) in [5.74, 6) is -1.09. The van der Waals surface area contributed by atoms with Crippen molar-refractivity contribution in [2.45, 2.75) is 26.3 Å². The molecule has 0 unspecified atom stereocenters. The van der Waals surface area contributed by atoms with E-state index in [1.54, 1.807) is 9.58 Å². The number of aryl methyl sites for hydroxylation is 2. The SMILES string of the molecule is Cc1nn(C)cc1CNC(=O)N1CCC(C(=O)O)CC1. The topological polar surface area (TPSA) is 87.5 Å². The van der Waals surface area contributed by atoms with Gasteiger partial charge in [-0.25, -0.2) is 4.79 Å². The Morgan fingerprint density at radius 2 is 2.10 bits per heavy atom. The van der Waals surface area contributed by atoms with Crippen molar-refractivity contribution in [3.63, 3.8) is 0 Å². The molecule has 0 saturated carbocycles. The van der Waals surface area contributed by atoms with Gasteiger partial charge in [-0.05, 0) is 19.8 Å². The van der Waals surface area contributed by atoms with Crippen molar-refractivity contribution in [2.24, 2.45) is 13.0 Å². The van der Waals surface area contributed by atoms with Crippen LogP contribution in [-0.4, -0.2) is 44.9 Å². The molecule has 1 saturated heterocycles. The van der Waals surface area contributed by atoms with Crippen molar-refractivity contribution in [3.8, 4) is 0 Å². The molecule has 1 aliphatic heterocycles. The molecule has 20 heavy (non-hydrogen) atoms. The summed E-state index contributed by atoms with van der Waals surface area (Å²) in [6.07, 6.45) is 2.93. The van der Waals surface area contributed by atoms with Crippen LogP contribution < -0.4 is 5.32 Å². The molecule has 7 heteroatoms. The Labute approximate surface area is 117 Å². The molecule has 2 heterocycles. The predicted octanol–water partition coefficient (Wildman–Crippen LogP) is 0.735. The highest BCUT2D eigenvalue weighted by atomic mass is 16.4. The van der Waals surface area contributed by atoms with Gasteiger partial charge < -0.3 is 15.3 Å². The number of nitrogens with one attached hydrogen (secondary N) is 1. The van der Waals surface area contributed by atoms with Gasteiger partial charge in [0.25, 0.3) is 0 Å². The predicted molar refractivity (Wildman–Crippen MR) is 72.1 cm³/mol. The third kappa shape index (κ3) is 3.28. The van der Waals surface area contributed by atoms with Crippen LogP contribution in [-0.2, 0) is 18.4 Å². The van der Waals surface area contributed by atoms with E-state index in [0.29, 0.717) is 32.5 Å². The van der Waals surface area contributed by atoms with E-state index in [9.17, 15) is 9.59 Å². The number of carbonyl (C=O) groups excluding carboxylic acids is 1. The van der Waals surface area contributed by atoms with Gasteiger partial charge in [0.2, 0.25) is 0 Å². The third-order valence-corrected chi connectivity index (χ3v) is 3.68. The summed E-state index contributed by atoms with van der Waals surface area (Å²) in [4.78, 5) is 24.5. The van der Waals surface area contributed by atoms with Crippen LogP contribution in [0.15, 0.2) is 6.20 Å². The second kappa shape index (κ2) is 5.94. The molecular weight excluding hydrogens is 260 g/mol. The highest BCUT2D eigenvalue weighted by molar-refractivity contribution is 5.75. The molecule has 1 aliphatic rings. The molecular formula is C13H20N4O3. The van der Waals surface area contributed by atoms with E-state index in [1.165, 1.54) is 0 Å². The van der Waals surface area contributed by atoms with E-state index in [4.69, 9.17) is 5.11 Å². The first-order valence-electron chi connectivity index (χ1n) is 6.72. The van der Waals surface area contributed by atoms with Gasteiger partial charge in [-0.2, -0.15) is 5.10 Å². The number of carboxylic acid groups (broad SMARTS) is 1. The summed E-state index contributed by atoms with van der Waals surface area (Å²) in [5.41, 5.74) is 1.89. The van der Waals surface area contributed by atoms with Crippen molar-refractivity contribution < 1.29 is 14.7 Å². The minimum absolute atomic E-state index is 0.142. The van der Waals surface area contributed by atoms with Gasteiger partial charge in [-0.1, -0.05) is 0 Å². The molecule has 7 nitrogen and oxygen atoms in total. The number of aromatic nitrogens is 2. The van der Waals surface area contributed by atoms with E-state index >= 15 is 0 Å². The molecule has 0 aromatic carbocycles. The van der Waals surface area contributed by atoms with Crippen LogP contribution in [0, 0.1) is 12.8 Å². The lowest BCUT2D eigenvalue weighted by atomic mass is 9.97. The van der Waals surface area contributed by atoms with Crippen LogP contribution >= 0.6 is 0 Å². The van der Waals surface area contributed by atoms with Crippen LogP contribution in [0.4, 0.5) is 4.79 Å². The molecule has 1 aromatic heterocycles. The quantitative estimate of drug-likeness (QED) is 0.854. The summed E-state index contributed by atoms with van der Waals surface area (Å²) in [7, 11) is 1.84. The molecule has 110 valence electrons. The van der Waals surface area contributed by atoms with Crippen molar-refractivity contribution >= 4 is 12.0 Å². The second-order valence-electron chi connectivity index (χ2n) is 5.17. The number of carbonyl (C=O) groups is 2. The summed E-state index contributed by atoms with van der Waals surface area (Å²) >= 11 is 0. The largest absolute Gasteiger partial charge is 0.481 e. The van der Waals surface area contributed by atoms with E-state index < -0.39 is 5.97 Å². The molecule has 0 radical (unpaired) electrons. The van der Waals surface area contributed by atoms with Gasteiger partial charge in [-0.3, -0.25) is 9.48 Å². The number of urea groups is 1. The van der Waals surface area contributed by atoms with E-state index in [-0.39, 0.29) is 11.9 Å². The van der Waals surface area contributed by atoms with Crippen molar-refractivity contribution in [3.05, 3.63) is 17.5 Å². The van der Waals surface area contributed by atoms with Gasteiger partial charge in [0.05, 0.1) is 11.6 Å². The van der Waals surface area contributed by atoms with Crippen LogP contribution in [0.1, 0.15) is 24.1 Å². The van der Waals surface area contributed by atoms with Crippen LogP contribution in [0.5, 0.6) is 0 Å². The zero-order valence-corrected chi connectivity index (χ0v) is 11.8. The molecule has 0 aliphatic carbocycles. The van der Waals surface area contributed by atoms with Gasteiger partial charge in [-0.15, -0.1) is 0 Å². The average Bonchev–Trinajstić information content (AvgIpc) is 2.74. The fourth-order valence-corrected chi connectivity index (χ4v) is 2.43. The highest BCUT2D eigenvalue weighted by Gasteiger charge is 2.26. The van der Waals surface area contributed by atoms with Gasteiger partial charge >= 0.3 is 12.0 Å². The number of aliphatic carboxylic acids is 1. The summed E-state index contributed by atoms with van der Waals surface area (Å²) in [6, 6.07) is -0.142. The average molecular weight is 280 g/mol. The Kier molecular flexibility index (Phi) is 4.26. The number of carboxylic acids is 1. The number of amides is 2. The van der Waals surface area contributed by atoms with Crippen LogP contribution in [0.3, 0.4) is 0 Å². The maximum Gasteiger partial charge on any atom is 0.317 e. The first-order chi connectivity index (χ1) is 9.47. The minimum atomic E-state index is -0.768. The smallest absolute Gasteiger partial charge is 0.317 e. The Bertz CT molecular complexity index is 504. The molecule has 0 atom stereocenters. The molecule has 0 bridgehead atoms. The third-order valence-electron chi connectivity index (χ3n) is 3.68. The minimum Gasteiger partial charge on any atom is -0.481 e. The maximum absolute atomic E-state index is 12.0. The number of piperidine rings is 1. The van der Waals surface area contributed by atoms with Gasteiger partial charge in [0, 0.05) is 38.4 Å². The zero-order valence-electron chi connectivity index (χ0n) is 11.8. The molecule has 2 N–H and O–H groups in total. The van der Waals surface area contributed by atoms with E-state index in [0.717, 1.165) is 11.3 Å². The Balaban J connectivity index is 1.81. The highest BCUT2D eigenvalue weighted by Crippen LogP contribution is 2.17. The van der Waals surface area contributed by atoms with Gasteiger partial charge in [0.1, 0.15) is 0 Å². The molecule has 2 amide bonds. The number of hydrogen-bond acceptors (Lipinski definition) is 3. The summed E-state index contributed by atoms with van der Waals surface area (Å²) < 4.78 is 1.72. The van der Waals surface area contributed by atoms with Crippen molar-refractivity contribution in [1.29, 1.82) is 0 Å². The Hall–Kier alpha value is -2.05. The lowest BCUT2D eigenvalue weighted by molar-refractivity contribution is -0.143. The molecule has 1 fully saturated rings. The number of nitrogens with zero attached hydrogens (tertiary/aromatic N) is 3. The second-order valence-corrected chi connectivity index (χ2v) is 5.17. The van der Waals surface area contributed by atoms with Gasteiger partial charge in [0.15, 0.2) is 0 Å². The Morgan fingerprint density at radius 3 is 2.60 bits per heavy atom. The number of hydrogen-bond donors (Lipinski definition) is 2. The first-order valence-corrected chi connectivity index (χ1v) is 6.72. The zero-order chi connectivity index (χ0) is 14.7. The molecule has 2 rings (SSSR count). The van der Waals surface area contributed by atoms with Crippen LogP contribution in [0.25, 0.3) is 0 Å². The van der Waals surface area contributed by atoms with Crippen molar-refractivity contribution in [1.82, 2.24) is 20.0 Å². The standard InChI is InChI=1S/C13H20N4O3/c1-9-11(8-16(2)15-9)7-14-13(20)17-5-3-10(4-6-17)12(18)19/h8,10H,3-7H2,1-2H3,(H,14,20)(H,18,19). The van der Waals surface area contributed by atoms with Crippen molar-refractivity contribution in [2.75, 3.05) is 13.1 Å². The lowest BCUT2D eigenvalue weighted by Crippen LogP contribution is -2.45. The fraction of sp³-hybridized carbons (Fsp3) is 0.615. The van der Waals surface area contributed by atoms with E-state index in [2.05, 4.69) is 10.4 Å². The summed E-state index contributed by atoms with van der Waals surface area (Å²) in [5, 5.41) is 16.0. The Morgan fingerprint density at radius 1 is 1.45 bits per heavy atom. The normalized spacial score (nSPS) is 16.2. The lowest BCUT2D eigenvalue weighted by Gasteiger charge is -2.30. The molecule has 1 aromatic rings. The first kappa shape index (κ1) is 14.4. The van der Waals surface area contributed by atoms with E-state index in [1.807, 2.05) is 20.2 Å². The monoisotopic (exact) mass is 280 g/mol. The maximum atomic E-state index is 12.0.